The number of aliphatic hydroxyl groups is 1. The second kappa shape index (κ2) is 11.5. The summed E-state index contributed by atoms with van der Waals surface area (Å²) in [7, 11) is 0. The summed E-state index contributed by atoms with van der Waals surface area (Å²) < 4.78 is 0. The molecule has 1 aromatic rings. The zero-order valence-electron chi connectivity index (χ0n) is 17.0. The van der Waals surface area contributed by atoms with Gasteiger partial charge in [0, 0.05) is 32.2 Å². The van der Waals surface area contributed by atoms with E-state index in [0.717, 1.165) is 44.5 Å². The number of nitrogens with zero attached hydrogens (tertiary/aromatic N) is 1. The van der Waals surface area contributed by atoms with Crippen molar-refractivity contribution < 1.29 is 9.90 Å². The summed E-state index contributed by atoms with van der Waals surface area (Å²) in [4.78, 5) is 14.9. The molecule has 4 rings (SSSR count). The van der Waals surface area contributed by atoms with Crippen molar-refractivity contribution in [1.29, 1.82) is 0 Å². The quantitative estimate of drug-likeness (QED) is 0.654. The summed E-state index contributed by atoms with van der Waals surface area (Å²) in [6.45, 7) is 3.47. The van der Waals surface area contributed by atoms with Gasteiger partial charge in [-0.15, -0.1) is 24.8 Å². The Hall–Kier alpha value is -0.850. The molecular weight excluding hydrogens is 409 g/mol. The van der Waals surface area contributed by atoms with Crippen molar-refractivity contribution in [2.75, 3.05) is 13.1 Å². The summed E-state index contributed by atoms with van der Waals surface area (Å²) in [5, 5.41) is 16.3. The fraction of sp³-hybridized carbons (Fsp3) is 0.682. The molecule has 0 aromatic heterocycles. The number of carbonyl (C=O) groups excluding carboxylic acids is 1. The Kier molecular flexibility index (Phi) is 9.70. The monoisotopic (exact) mass is 443 g/mol. The lowest BCUT2D eigenvalue weighted by atomic mass is 9.85. The number of nitrogens with one attached hydrogen (secondary N) is 2. The van der Waals surface area contributed by atoms with Crippen LogP contribution in [0, 0.1) is 5.92 Å². The summed E-state index contributed by atoms with van der Waals surface area (Å²) in [6.07, 6.45) is 7.76. The first-order chi connectivity index (χ1) is 13.2. The summed E-state index contributed by atoms with van der Waals surface area (Å²) in [6, 6.07) is 9.12. The van der Waals surface area contributed by atoms with Crippen molar-refractivity contribution in [3.8, 4) is 0 Å². The van der Waals surface area contributed by atoms with E-state index in [1.165, 1.54) is 31.2 Å². The Labute approximate surface area is 186 Å². The van der Waals surface area contributed by atoms with E-state index in [9.17, 15) is 9.90 Å². The number of halogens is 2. The molecule has 1 aromatic carbocycles. The van der Waals surface area contributed by atoms with E-state index in [1.807, 2.05) is 0 Å². The minimum Gasteiger partial charge on any atom is -0.393 e. The van der Waals surface area contributed by atoms with E-state index < -0.39 is 0 Å². The number of piperidine rings is 1. The number of rotatable bonds is 5. The first-order valence-electron chi connectivity index (χ1n) is 10.7. The maximum absolute atomic E-state index is 12.5. The molecule has 1 aliphatic carbocycles. The molecule has 2 heterocycles. The SMILES string of the molecule is Cl.Cl.O=C(NCc1ccc(CN2CCC(O)CC2)cc1)C1CC2CCCCC2N1. The van der Waals surface area contributed by atoms with Crippen LogP contribution in [0.3, 0.4) is 0 Å². The third kappa shape index (κ3) is 6.56. The van der Waals surface area contributed by atoms with E-state index in [1.54, 1.807) is 0 Å². The number of hydrogen-bond donors (Lipinski definition) is 3. The van der Waals surface area contributed by atoms with Crippen LogP contribution in [0.25, 0.3) is 0 Å². The van der Waals surface area contributed by atoms with Crippen LogP contribution in [0.4, 0.5) is 0 Å². The Morgan fingerprint density at radius 1 is 1.03 bits per heavy atom. The van der Waals surface area contributed by atoms with Gasteiger partial charge in [-0.2, -0.15) is 0 Å². The van der Waals surface area contributed by atoms with E-state index in [4.69, 9.17) is 0 Å². The molecule has 7 heteroatoms. The van der Waals surface area contributed by atoms with Gasteiger partial charge in [-0.3, -0.25) is 9.69 Å². The summed E-state index contributed by atoms with van der Waals surface area (Å²) in [5.41, 5.74) is 2.44. The smallest absolute Gasteiger partial charge is 0.237 e. The Morgan fingerprint density at radius 2 is 1.69 bits per heavy atom. The van der Waals surface area contributed by atoms with Crippen LogP contribution >= 0.6 is 24.8 Å². The highest BCUT2D eigenvalue weighted by Gasteiger charge is 2.37. The first-order valence-corrected chi connectivity index (χ1v) is 10.7. The highest BCUT2D eigenvalue weighted by atomic mass is 35.5. The predicted octanol–water partition coefficient (Wildman–Crippen LogP) is 3.02. The van der Waals surface area contributed by atoms with Crippen molar-refractivity contribution in [1.82, 2.24) is 15.5 Å². The average molecular weight is 444 g/mol. The number of aliphatic hydroxyl groups excluding tert-OH is 1. The Balaban J connectivity index is 0.00000150. The van der Waals surface area contributed by atoms with Gasteiger partial charge in [-0.25, -0.2) is 0 Å². The average Bonchev–Trinajstić information content (AvgIpc) is 3.13. The fourth-order valence-corrected chi connectivity index (χ4v) is 4.93. The molecule has 2 aliphatic heterocycles. The molecule has 0 spiro atoms. The van der Waals surface area contributed by atoms with Gasteiger partial charge < -0.3 is 15.7 Å². The third-order valence-electron chi connectivity index (χ3n) is 6.63. The summed E-state index contributed by atoms with van der Waals surface area (Å²) in [5.74, 6) is 0.852. The topological polar surface area (TPSA) is 64.6 Å². The number of amides is 1. The van der Waals surface area contributed by atoms with Crippen molar-refractivity contribution in [2.45, 2.75) is 76.2 Å². The van der Waals surface area contributed by atoms with Gasteiger partial charge in [0.1, 0.15) is 0 Å². The molecule has 3 atom stereocenters. The van der Waals surface area contributed by atoms with Crippen LogP contribution in [-0.4, -0.2) is 47.2 Å². The van der Waals surface area contributed by atoms with Gasteiger partial charge >= 0.3 is 0 Å². The van der Waals surface area contributed by atoms with Crippen molar-refractivity contribution in [3.63, 3.8) is 0 Å². The zero-order valence-corrected chi connectivity index (χ0v) is 18.6. The maximum Gasteiger partial charge on any atom is 0.237 e. The minimum absolute atomic E-state index is 0. The molecule has 1 amide bonds. The molecule has 3 fully saturated rings. The molecule has 0 bridgehead atoms. The number of likely N-dealkylation sites (tertiary alicyclic amines) is 1. The summed E-state index contributed by atoms with van der Waals surface area (Å²) >= 11 is 0. The third-order valence-corrected chi connectivity index (χ3v) is 6.63. The molecule has 1 saturated carbocycles. The van der Waals surface area contributed by atoms with Crippen LogP contribution in [-0.2, 0) is 17.9 Å². The standard InChI is InChI=1S/C22H33N3O2.2ClH/c26-19-9-11-25(12-10-19)15-17-7-5-16(6-8-17)14-23-22(27)21-13-18-3-1-2-4-20(18)24-21;;/h5-8,18-21,24,26H,1-4,9-15H2,(H,23,27);2*1H. The van der Waals surface area contributed by atoms with Crippen LogP contribution < -0.4 is 10.6 Å². The van der Waals surface area contributed by atoms with Gasteiger partial charge in [0.2, 0.25) is 5.91 Å². The van der Waals surface area contributed by atoms with E-state index in [0.29, 0.717) is 18.5 Å². The Morgan fingerprint density at radius 3 is 2.38 bits per heavy atom. The second-order valence-electron chi connectivity index (χ2n) is 8.65. The number of hydrogen-bond acceptors (Lipinski definition) is 4. The Bertz CT molecular complexity index is 621. The molecule has 5 nitrogen and oxygen atoms in total. The van der Waals surface area contributed by atoms with Gasteiger partial charge in [0.25, 0.3) is 0 Å². The number of benzene rings is 1. The van der Waals surface area contributed by atoms with E-state index >= 15 is 0 Å². The number of fused-ring (bicyclic) bond motifs is 1. The lowest BCUT2D eigenvalue weighted by Crippen LogP contribution is -2.42. The second-order valence-corrected chi connectivity index (χ2v) is 8.65. The van der Waals surface area contributed by atoms with Crippen LogP contribution in [0.2, 0.25) is 0 Å². The molecule has 2 saturated heterocycles. The van der Waals surface area contributed by atoms with Crippen LogP contribution in [0.1, 0.15) is 56.1 Å². The molecular formula is C22H35Cl2N3O2. The molecule has 0 radical (unpaired) electrons. The first kappa shape index (κ1) is 24.4. The fourth-order valence-electron chi connectivity index (χ4n) is 4.93. The lowest BCUT2D eigenvalue weighted by Gasteiger charge is -2.29. The normalized spacial score (nSPS) is 27.4. The molecule has 3 unspecified atom stereocenters. The zero-order chi connectivity index (χ0) is 18.6. The van der Waals surface area contributed by atoms with Gasteiger partial charge in [-0.1, -0.05) is 37.1 Å². The van der Waals surface area contributed by atoms with Crippen LogP contribution in [0.15, 0.2) is 24.3 Å². The van der Waals surface area contributed by atoms with Gasteiger partial charge in [0.05, 0.1) is 12.1 Å². The molecule has 29 heavy (non-hydrogen) atoms. The molecule has 3 aliphatic rings. The van der Waals surface area contributed by atoms with Crippen molar-refractivity contribution >= 4 is 30.7 Å². The largest absolute Gasteiger partial charge is 0.393 e. The van der Waals surface area contributed by atoms with E-state index in [-0.39, 0.29) is 42.9 Å². The minimum atomic E-state index is -0.120. The van der Waals surface area contributed by atoms with E-state index in [2.05, 4.69) is 39.8 Å². The number of carbonyl (C=O) groups is 1. The molecule has 164 valence electrons. The molecule has 3 N–H and O–H groups in total. The lowest BCUT2D eigenvalue weighted by molar-refractivity contribution is -0.123. The van der Waals surface area contributed by atoms with Crippen molar-refractivity contribution in [2.24, 2.45) is 5.92 Å². The maximum atomic E-state index is 12.5. The van der Waals surface area contributed by atoms with Gasteiger partial charge in [0.15, 0.2) is 0 Å². The van der Waals surface area contributed by atoms with Gasteiger partial charge in [-0.05, 0) is 49.1 Å². The van der Waals surface area contributed by atoms with Crippen LogP contribution in [0.5, 0.6) is 0 Å². The van der Waals surface area contributed by atoms with Crippen molar-refractivity contribution in [3.05, 3.63) is 35.4 Å². The predicted molar refractivity (Wildman–Crippen MR) is 121 cm³/mol. The highest BCUT2D eigenvalue weighted by molar-refractivity contribution is 5.85. The highest BCUT2D eigenvalue weighted by Crippen LogP contribution is 2.33.